The van der Waals surface area contributed by atoms with Crippen molar-refractivity contribution in [1.82, 2.24) is 5.32 Å². The van der Waals surface area contributed by atoms with E-state index >= 15 is 0 Å². The first kappa shape index (κ1) is 8.55. The van der Waals surface area contributed by atoms with Crippen LogP contribution < -0.4 is 5.32 Å². The minimum atomic E-state index is 0.657. The molecule has 0 heterocycles. The van der Waals surface area contributed by atoms with Gasteiger partial charge in [0.2, 0.25) is 0 Å². The summed E-state index contributed by atoms with van der Waals surface area (Å²) in [6.07, 6.45) is 5.91. The Morgan fingerprint density at radius 3 is 2.50 bits per heavy atom. The van der Waals surface area contributed by atoms with Crippen molar-refractivity contribution in [3.63, 3.8) is 0 Å². The molecule has 0 aromatic rings. The first-order chi connectivity index (χ1) is 5.58. The largest absolute Gasteiger partial charge is 0.314 e. The van der Waals surface area contributed by atoms with Crippen LogP contribution in [0.4, 0.5) is 0 Å². The fourth-order valence-electron chi connectivity index (χ4n) is 3.03. The number of hydrogen-bond acceptors (Lipinski definition) is 1. The van der Waals surface area contributed by atoms with Gasteiger partial charge in [-0.05, 0) is 30.1 Å². The molecule has 1 nitrogen and oxygen atoms in total. The van der Waals surface area contributed by atoms with Gasteiger partial charge in [0.25, 0.3) is 0 Å². The highest BCUT2D eigenvalue weighted by molar-refractivity contribution is 5.16. The normalized spacial score (nSPS) is 45.0. The molecule has 0 saturated heterocycles. The van der Waals surface area contributed by atoms with E-state index in [9.17, 15) is 0 Å². The summed E-state index contributed by atoms with van der Waals surface area (Å²) in [5.41, 5.74) is 1.45. The molecule has 1 heteroatoms. The van der Waals surface area contributed by atoms with Gasteiger partial charge < -0.3 is 5.32 Å². The minimum absolute atomic E-state index is 0.657. The molecule has 0 amide bonds. The topological polar surface area (TPSA) is 12.0 Å². The van der Waals surface area contributed by atoms with Gasteiger partial charge in [-0.25, -0.2) is 0 Å². The molecule has 2 unspecified atom stereocenters. The molecule has 0 spiro atoms. The van der Waals surface area contributed by atoms with Crippen molar-refractivity contribution >= 4 is 0 Å². The van der Waals surface area contributed by atoms with Crippen LogP contribution in [0.15, 0.2) is 0 Å². The summed E-state index contributed by atoms with van der Waals surface area (Å²) in [5.74, 6) is 0. The number of hydrogen-bond donors (Lipinski definition) is 1. The van der Waals surface area contributed by atoms with E-state index in [-0.39, 0.29) is 0 Å². The summed E-state index contributed by atoms with van der Waals surface area (Å²) >= 11 is 0. The maximum atomic E-state index is 3.59. The second kappa shape index (κ2) is 2.47. The summed E-state index contributed by atoms with van der Waals surface area (Å²) in [6.45, 7) is 8.22. The Hall–Kier alpha value is -0.0400. The van der Waals surface area contributed by atoms with Crippen LogP contribution in [0.25, 0.3) is 0 Å². The Balaban J connectivity index is 1.89. The molecule has 12 heavy (non-hydrogen) atoms. The molecule has 2 aliphatic carbocycles. The highest BCUT2D eigenvalue weighted by Gasteiger charge is 2.65. The molecule has 2 atom stereocenters. The van der Waals surface area contributed by atoms with Gasteiger partial charge in [-0.1, -0.05) is 27.2 Å². The van der Waals surface area contributed by atoms with Crippen molar-refractivity contribution in [3.8, 4) is 0 Å². The van der Waals surface area contributed by atoms with Crippen molar-refractivity contribution in [3.05, 3.63) is 0 Å². The second-order valence-electron chi connectivity index (χ2n) is 5.41. The van der Waals surface area contributed by atoms with Crippen molar-refractivity contribution in [2.45, 2.75) is 52.5 Å². The average molecular weight is 167 g/mol. The van der Waals surface area contributed by atoms with Gasteiger partial charge >= 0.3 is 0 Å². The summed E-state index contributed by atoms with van der Waals surface area (Å²) in [5, 5.41) is 3.59. The van der Waals surface area contributed by atoms with Crippen molar-refractivity contribution in [2.24, 2.45) is 10.8 Å². The van der Waals surface area contributed by atoms with Gasteiger partial charge in [-0.3, -0.25) is 0 Å². The summed E-state index contributed by atoms with van der Waals surface area (Å²) < 4.78 is 0. The average Bonchev–Trinajstić information content (AvgIpc) is 2.43. The maximum Gasteiger partial charge on any atom is 0.00156 e. The van der Waals surface area contributed by atoms with Gasteiger partial charge in [-0.2, -0.15) is 0 Å². The predicted octanol–water partition coefficient (Wildman–Crippen LogP) is 2.56. The Labute approximate surface area is 75.9 Å². The number of nitrogens with one attached hydrogen (secondary N) is 1. The maximum absolute atomic E-state index is 3.59. The minimum Gasteiger partial charge on any atom is -0.314 e. The molecule has 0 aliphatic heterocycles. The second-order valence-corrected chi connectivity index (χ2v) is 5.41. The van der Waals surface area contributed by atoms with E-state index in [2.05, 4.69) is 26.1 Å². The van der Waals surface area contributed by atoms with Crippen LogP contribution in [0.5, 0.6) is 0 Å². The van der Waals surface area contributed by atoms with Gasteiger partial charge in [0, 0.05) is 12.6 Å². The van der Waals surface area contributed by atoms with Crippen LogP contribution >= 0.6 is 0 Å². The first-order valence-corrected chi connectivity index (χ1v) is 5.31. The summed E-state index contributed by atoms with van der Waals surface area (Å²) in [6, 6.07) is 0.657. The van der Waals surface area contributed by atoms with Crippen molar-refractivity contribution in [1.29, 1.82) is 0 Å². The molecule has 0 bridgehead atoms. The molecule has 0 aromatic carbocycles. The number of fused-ring (bicyclic) bond motifs is 1. The van der Waals surface area contributed by atoms with Crippen molar-refractivity contribution < 1.29 is 0 Å². The zero-order valence-corrected chi connectivity index (χ0v) is 8.61. The quantitative estimate of drug-likeness (QED) is 0.681. The fourth-order valence-corrected chi connectivity index (χ4v) is 3.03. The monoisotopic (exact) mass is 167 g/mol. The molecule has 2 saturated carbocycles. The van der Waals surface area contributed by atoms with Gasteiger partial charge in [-0.15, -0.1) is 0 Å². The molecule has 2 aliphatic rings. The Morgan fingerprint density at radius 2 is 2.08 bits per heavy atom. The first-order valence-electron chi connectivity index (χ1n) is 5.31. The smallest absolute Gasteiger partial charge is 0.00156 e. The van der Waals surface area contributed by atoms with E-state index in [4.69, 9.17) is 0 Å². The van der Waals surface area contributed by atoms with E-state index < -0.39 is 0 Å². The van der Waals surface area contributed by atoms with E-state index in [0.29, 0.717) is 6.04 Å². The molecule has 70 valence electrons. The van der Waals surface area contributed by atoms with E-state index in [0.717, 1.165) is 10.8 Å². The highest BCUT2D eigenvalue weighted by atomic mass is 14.9. The molecule has 2 rings (SSSR count). The molecular formula is C11H21N. The van der Waals surface area contributed by atoms with E-state index in [1.54, 1.807) is 0 Å². The lowest BCUT2D eigenvalue weighted by Crippen LogP contribution is -2.30. The van der Waals surface area contributed by atoms with Gasteiger partial charge in [0.1, 0.15) is 0 Å². The standard InChI is InChI=1S/C11H21N/c1-9(2)12-8-11-6-4-5-10(11,3)7-11/h9,12H,4-8H2,1-3H3. The number of rotatable bonds is 3. The third kappa shape index (κ3) is 1.10. The van der Waals surface area contributed by atoms with Crippen LogP contribution in [0.1, 0.15) is 46.5 Å². The summed E-state index contributed by atoms with van der Waals surface area (Å²) in [4.78, 5) is 0. The predicted molar refractivity (Wildman–Crippen MR) is 52.1 cm³/mol. The van der Waals surface area contributed by atoms with Crippen LogP contribution in [-0.2, 0) is 0 Å². The lowest BCUT2D eigenvalue weighted by molar-refractivity contribution is 0.374. The molecular weight excluding hydrogens is 146 g/mol. The van der Waals surface area contributed by atoms with Crippen LogP contribution in [0.3, 0.4) is 0 Å². The lowest BCUT2D eigenvalue weighted by Gasteiger charge is -2.17. The Morgan fingerprint density at radius 1 is 1.33 bits per heavy atom. The zero-order valence-electron chi connectivity index (χ0n) is 8.61. The summed E-state index contributed by atoms with van der Waals surface area (Å²) in [7, 11) is 0. The SMILES string of the molecule is CC(C)NCC12CCCC1(C)C2. The Bertz CT molecular complexity index is 183. The van der Waals surface area contributed by atoms with Crippen molar-refractivity contribution in [2.75, 3.05) is 6.54 Å². The molecule has 1 N–H and O–H groups in total. The van der Waals surface area contributed by atoms with Crippen LogP contribution in [-0.4, -0.2) is 12.6 Å². The molecule has 2 fully saturated rings. The molecule has 0 aromatic heterocycles. The fraction of sp³-hybridized carbons (Fsp3) is 1.00. The highest BCUT2D eigenvalue weighted by Crippen LogP contribution is 2.72. The van der Waals surface area contributed by atoms with E-state index in [1.165, 1.54) is 32.2 Å². The lowest BCUT2D eigenvalue weighted by atomic mass is 9.98. The van der Waals surface area contributed by atoms with E-state index in [1.807, 2.05) is 0 Å². The Kier molecular flexibility index (Phi) is 1.76. The van der Waals surface area contributed by atoms with Gasteiger partial charge in [0.05, 0.1) is 0 Å². The van der Waals surface area contributed by atoms with Crippen LogP contribution in [0, 0.1) is 10.8 Å². The third-order valence-electron chi connectivity index (χ3n) is 4.12. The zero-order chi connectivity index (χ0) is 8.82. The van der Waals surface area contributed by atoms with Gasteiger partial charge in [0.15, 0.2) is 0 Å². The third-order valence-corrected chi connectivity index (χ3v) is 4.12. The van der Waals surface area contributed by atoms with Crippen LogP contribution in [0.2, 0.25) is 0 Å². The molecule has 0 radical (unpaired) electrons.